The van der Waals surface area contributed by atoms with Crippen molar-refractivity contribution in [1.82, 2.24) is 19.5 Å². The van der Waals surface area contributed by atoms with Crippen LogP contribution in [0.15, 0.2) is 60.9 Å². The summed E-state index contributed by atoms with van der Waals surface area (Å²) in [6.07, 6.45) is 1.68. The highest BCUT2D eigenvalue weighted by Crippen LogP contribution is 2.19. The molecule has 30 heavy (non-hydrogen) atoms. The number of anilines is 4. The Kier molecular flexibility index (Phi) is 5.56. The molecule has 0 atom stereocenters. The largest absolute Gasteiger partial charge is 0.354 e. The molecule has 3 N–H and O–H groups in total. The molecule has 8 nitrogen and oxygen atoms in total. The molecule has 0 bridgehead atoms. The van der Waals surface area contributed by atoms with E-state index in [1.165, 1.54) is 0 Å². The van der Waals surface area contributed by atoms with Crippen molar-refractivity contribution in [3.8, 4) is 0 Å². The molecule has 1 amide bonds. The maximum atomic E-state index is 12.4. The smallest absolute Gasteiger partial charge is 0.244 e. The third-order valence-electron chi connectivity index (χ3n) is 4.47. The van der Waals surface area contributed by atoms with Gasteiger partial charge in [0.15, 0.2) is 0 Å². The van der Waals surface area contributed by atoms with Crippen molar-refractivity contribution in [2.24, 2.45) is 0 Å². The quantitative estimate of drug-likeness (QED) is 0.434. The summed E-state index contributed by atoms with van der Waals surface area (Å²) >= 11 is 0. The van der Waals surface area contributed by atoms with E-state index in [1.807, 2.05) is 73.0 Å². The third-order valence-corrected chi connectivity index (χ3v) is 4.47. The number of aryl methyl sites for hydroxylation is 1. The molecule has 0 spiro atoms. The van der Waals surface area contributed by atoms with Crippen molar-refractivity contribution in [2.75, 3.05) is 22.5 Å². The average Bonchev–Trinajstić information content (AvgIpc) is 3.12. The first-order valence-electron chi connectivity index (χ1n) is 9.77. The number of carbonyl (C=O) groups is 1. The molecular formula is C22H23N7O. The summed E-state index contributed by atoms with van der Waals surface area (Å²) < 4.78 is 1.83. The van der Waals surface area contributed by atoms with Crippen LogP contribution in [0.1, 0.15) is 12.6 Å². The van der Waals surface area contributed by atoms with Crippen molar-refractivity contribution in [2.45, 2.75) is 20.4 Å². The summed E-state index contributed by atoms with van der Waals surface area (Å²) in [4.78, 5) is 25.5. The monoisotopic (exact) mass is 401 g/mol. The van der Waals surface area contributed by atoms with E-state index >= 15 is 0 Å². The number of nitrogens with zero attached hydrogens (tertiary/aromatic N) is 4. The molecule has 152 valence electrons. The minimum absolute atomic E-state index is 0.111. The molecule has 2 aromatic heterocycles. The number of nitrogens with one attached hydrogen (secondary N) is 3. The molecular weight excluding hydrogens is 378 g/mol. The minimum atomic E-state index is -0.111. The van der Waals surface area contributed by atoms with Gasteiger partial charge in [0.1, 0.15) is 12.4 Å². The van der Waals surface area contributed by atoms with E-state index in [0.717, 1.165) is 34.6 Å². The molecule has 0 aliphatic heterocycles. The van der Waals surface area contributed by atoms with Crippen molar-refractivity contribution >= 4 is 40.1 Å². The van der Waals surface area contributed by atoms with Gasteiger partial charge in [0, 0.05) is 29.7 Å². The molecule has 0 aliphatic rings. The zero-order valence-electron chi connectivity index (χ0n) is 16.9. The van der Waals surface area contributed by atoms with E-state index in [0.29, 0.717) is 11.8 Å². The lowest BCUT2D eigenvalue weighted by molar-refractivity contribution is -0.116. The van der Waals surface area contributed by atoms with Crippen molar-refractivity contribution in [3.05, 3.63) is 66.6 Å². The predicted molar refractivity (Wildman–Crippen MR) is 119 cm³/mol. The number of rotatable bonds is 7. The van der Waals surface area contributed by atoms with Crippen LogP contribution in [0.4, 0.5) is 23.1 Å². The van der Waals surface area contributed by atoms with Crippen LogP contribution in [-0.2, 0) is 11.3 Å². The maximum Gasteiger partial charge on any atom is 0.244 e. The first-order chi connectivity index (χ1) is 14.6. The molecule has 0 saturated heterocycles. The molecule has 0 fully saturated rings. The second-order valence-electron chi connectivity index (χ2n) is 6.86. The summed E-state index contributed by atoms with van der Waals surface area (Å²) in [5.41, 5.74) is 4.28. The first-order valence-corrected chi connectivity index (χ1v) is 9.77. The fraction of sp³-hybridized carbons (Fsp3) is 0.182. The normalized spacial score (nSPS) is 10.7. The second-order valence-corrected chi connectivity index (χ2v) is 6.86. The molecule has 2 heterocycles. The molecule has 0 aliphatic carbocycles. The standard InChI is InChI=1S/C22H23N7O/c1-3-23-22-25-15(2)12-20(28-22)26-16-8-10-17(11-9-16)27-21(30)13-29-14-24-18-6-4-5-7-19(18)29/h4-12,14H,3,13H2,1-2H3,(H,27,30)(H2,23,25,26,28). The Hall–Kier alpha value is -3.94. The van der Waals surface area contributed by atoms with Gasteiger partial charge in [-0.05, 0) is 50.2 Å². The fourth-order valence-corrected chi connectivity index (χ4v) is 3.15. The second kappa shape index (κ2) is 8.60. The molecule has 4 aromatic rings. The lowest BCUT2D eigenvalue weighted by Gasteiger charge is -2.10. The number of carbonyl (C=O) groups excluding carboxylic acids is 1. The van der Waals surface area contributed by atoms with E-state index in [9.17, 15) is 4.79 Å². The van der Waals surface area contributed by atoms with Gasteiger partial charge in [-0.3, -0.25) is 4.79 Å². The Morgan fingerprint density at radius 1 is 1.03 bits per heavy atom. The highest BCUT2D eigenvalue weighted by molar-refractivity contribution is 5.91. The number of fused-ring (bicyclic) bond motifs is 1. The maximum absolute atomic E-state index is 12.4. The molecule has 8 heteroatoms. The lowest BCUT2D eigenvalue weighted by Crippen LogP contribution is -2.18. The van der Waals surface area contributed by atoms with E-state index in [1.54, 1.807) is 6.33 Å². The van der Waals surface area contributed by atoms with Crippen LogP contribution in [0.3, 0.4) is 0 Å². The molecule has 2 aromatic carbocycles. The van der Waals surface area contributed by atoms with Crippen molar-refractivity contribution < 1.29 is 4.79 Å². The topological polar surface area (TPSA) is 96.8 Å². The zero-order chi connectivity index (χ0) is 20.9. The van der Waals surface area contributed by atoms with Gasteiger partial charge in [0.05, 0.1) is 17.4 Å². The van der Waals surface area contributed by atoms with Gasteiger partial charge in [-0.1, -0.05) is 12.1 Å². The van der Waals surface area contributed by atoms with Crippen LogP contribution >= 0.6 is 0 Å². The Bertz CT molecular complexity index is 1170. The van der Waals surface area contributed by atoms with Gasteiger partial charge >= 0.3 is 0 Å². The van der Waals surface area contributed by atoms with E-state index in [-0.39, 0.29) is 12.5 Å². The van der Waals surface area contributed by atoms with Gasteiger partial charge in [0.2, 0.25) is 11.9 Å². The van der Waals surface area contributed by atoms with E-state index in [2.05, 4.69) is 30.9 Å². The van der Waals surface area contributed by atoms with E-state index in [4.69, 9.17) is 0 Å². The number of aromatic nitrogens is 4. The van der Waals surface area contributed by atoms with E-state index < -0.39 is 0 Å². The highest BCUT2D eigenvalue weighted by Gasteiger charge is 2.08. The van der Waals surface area contributed by atoms with Crippen molar-refractivity contribution in [1.29, 1.82) is 0 Å². The van der Waals surface area contributed by atoms with Crippen LogP contribution in [-0.4, -0.2) is 32.0 Å². The average molecular weight is 401 g/mol. The van der Waals surface area contributed by atoms with Crippen LogP contribution in [0, 0.1) is 6.92 Å². The number of hydrogen-bond donors (Lipinski definition) is 3. The fourth-order valence-electron chi connectivity index (χ4n) is 3.15. The minimum Gasteiger partial charge on any atom is -0.354 e. The number of imidazole rings is 1. The highest BCUT2D eigenvalue weighted by atomic mass is 16.1. The van der Waals surface area contributed by atoms with Crippen LogP contribution in [0.2, 0.25) is 0 Å². The van der Waals surface area contributed by atoms with Gasteiger partial charge in [0.25, 0.3) is 0 Å². The first kappa shape index (κ1) is 19.4. The van der Waals surface area contributed by atoms with Crippen LogP contribution in [0.25, 0.3) is 11.0 Å². The Balaban J connectivity index is 1.39. The zero-order valence-corrected chi connectivity index (χ0v) is 16.9. The lowest BCUT2D eigenvalue weighted by atomic mass is 10.2. The number of hydrogen-bond acceptors (Lipinski definition) is 6. The van der Waals surface area contributed by atoms with Gasteiger partial charge in [-0.2, -0.15) is 4.98 Å². The van der Waals surface area contributed by atoms with Crippen LogP contribution < -0.4 is 16.0 Å². The summed E-state index contributed by atoms with van der Waals surface area (Å²) in [5, 5.41) is 9.30. The molecule has 0 radical (unpaired) electrons. The number of benzene rings is 2. The SMILES string of the molecule is CCNc1nc(C)cc(Nc2ccc(NC(=O)Cn3cnc4ccccc43)cc2)n1. The number of amides is 1. The summed E-state index contributed by atoms with van der Waals surface area (Å²) in [6, 6.07) is 17.1. The summed E-state index contributed by atoms with van der Waals surface area (Å²) in [7, 11) is 0. The summed E-state index contributed by atoms with van der Waals surface area (Å²) in [6.45, 7) is 4.89. The Morgan fingerprint density at radius 2 is 1.80 bits per heavy atom. The van der Waals surface area contributed by atoms with Crippen molar-refractivity contribution in [3.63, 3.8) is 0 Å². The Labute approximate surface area is 174 Å². The molecule has 0 unspecified atom stereocenters. The number of para-hydroxylation sites is 2. The van der Waals surface area contributed by atoms with Gasteiger partial charge in [-0.15, -0.1) is 0 Å². The van der Waals surface area contributed by atoms with Gasteiger partial charge in [-0.25, -0.2) is 9.97 Å². The molecule has 4 rings (SSSR count). The Morgan fingerprint density at radius 3 is 2.60 bits per heavy atom. The summed E-state index contributed by atoms with van der Waals surface area (Å²) in [5.74, 6) is 1.19. The predicted octanol–water partition coefficient (Wildman–Crippen LogP) is 3.95. The van der Waals surface area contributed by atoms with Gasteiger partial charge < -0.3 is 20.5 Å². The van der Waals surface area contributed by atoms with Crippen LogP contribution in [0.5, 0.6) is 0 Å². The third kappa shape index (κ3) is 4.54. The molecule has 0 saturated carbocycles.